The van der Waals surface area contributed by atoms with Crippen LogP contribution in [0.15, 0.2) is 46.3 Å². The van der Waals surface area contributed by atoms with E-state index >= 15 is 0 Å². The lowest BCUT2D eigenvalue weighted by Gasteiger charge is -2.74. The molecule has 7 rings (SSSR count). The Morgan fingerprint density at radius 2 is 1.95 bits per heavy atom. The normalized spacial score (nSPS) is 45.7. The van der Waals surface area contributed by atoms with Gasteiger partial charge in [0.2, 0.25) is 0 Å². The molecule has 3 aliphatic heterocycles. The number of cyclic esters (lactones) is 1. The first-order valence-electron chi connectivity index (χ1n) is 14.6. The van der Waals surface area contributed by atoms with E-state index in [1.807, 2.05) is 20.8 Å². The van der Waals surface area contributed by atoms with Gasteiger partial charge in [-0.15, -0.1) is 0 Å². The minimum absolute atomic E-state index is 0.0439. The van der Waals surface area contributed by atoms with Gasteiger partial charge in [-0.05, 0) is 50.2 Å². The second-order valence-corrected chi connectivity index (χ2v) is 13.5. The van der Waals surface area contributed by atoms with E-state index in [1.165, 1.54) is 19.6 Å². The molecule has 5 fully saturated rings. The van der Waals surface area contributed by atoms with Gasteiger partial charge in [-0.2, -0.15) is 0 Å². The highest BCUT2D eigenvalue weighted by Gasteiger charge is 2.80. The van der Waals surface area contributed by atoms with Crippen LogP contribution in [-0.4, -0.2) is 59.3 Å². The Hall–Kier alpha value is -2.95. The van der Waals surface area contributed by atoms with Gasteiger partial charge in [0.1, 0.15) is 17.8 Å². The summed E-state index contributed by atoms with van der Waals surface area (Å²) in [6, 6.07) is 1.73. The number of carbonyl (C=O) groups excluding carboxylic acids is 3. The Labute approximate surface area is 245 Å². The van der Waals surface area contributed by atoms with Gasteiger partial charge >= 0.3 is 17.9 Å². The third kappa shape index (κ3) is 3.46. The standard InChI is InChI=1S/C32H40O10/c1-7-17(2)27(35)42-26-21-12-20-19(30(5)22(13-23(33)38-6)28(26,3)16-40-32(21,30)37)8-10-29(4)25(18-9-11-39-15-18)41-24(34)14-31(20,29)36/h7,9,11-12,15,19,21-22,25-26,36-37H,8,10,13-14,16H2,1-6H3. The topological polar surface area (TPSA) is 142 Å². The molecule has 4 bridgehead atoms. The molecule has 0 aromatic carbocycles. The molecular formula is C32H40O10. The molecule has 4 heterocycles. The number of aliphatic hydroxyl groups is 2. The molecule has 1 aromatic rings. The lowest BCUT2D eigenvalue weighted by molar-refractivity contribution is -0.429. The van der Waals surface area contributed by atoms with Crippen LogP contribution in [0.25, 0.3) is 0 Å². The molecule has 3 saturated heterocycles. The number of furan rings is 1. The minimum Gasteiger partial charge on any atom is -0.472 e. The van der Waals surface area contributed by atoms with Crippen LogP contribution < -0.4 is 0 Å². The van der Waals surface area contributed by atoms with Crippen molar-refractivity contribution in [1.82, 2.24) is 0 Å². The fourth-order valence-electron chi connectivity index (χ4n) is 9.25. The average Bonchev–Trinajstić information content (AvgIpc) is 3.48. The first-order valence-corrected chi connectivity index (χ1v) is 14.6. The third-order valence-corrected chi connectivity index (χ3v) is 11.8. The number of allylic oxidation sites excluding steroid dienone is 1. The first-order chi connectivity index (χ1) is 19.7. The van der Waals surface area contributed by atoms with Crippen molar-refractivity contribution < 1.29 is 48.0 Å². The van der Waals surface area contributed by atoms with Crippen LogP contribution in [-0.2, 0) is 33.3 Å². The molecule has 228 valence electrons. The van der Waals surface area contributed by atoms with Gasteiger partial charge in [-0.1, -0.05) is 32.9 Å². The molecule has 2 N–H and O–H groups in total. The lowest BCUT2D eigenvalue weighted by Crippen LogP contribution is -2.80. The van der Waals surface area contributed by atoms with E-state index in [0.29, 0.717) is 29.6 Å². The van der Waals surface area contributed by atoms with Crippen LogP contribution in [0.1, 0.15) is 72.0 Å². The van der Waals surface area contributed by atoms with E-state index < -0.39 is 75.5 Å². The largest absolute Gasteiger partial charge is 0.472 e. The Bertz CT molecular complexity index is 1380. The molecule has 10 unspecified atom stereocenters. The number of methoxy groups -OCH3 is 1. The summed E-state index contributed by atoms with van der Waals surface area (Å²) in [4.78, 5) is 39.2. The minimum atomic E-state index is -1.81. The van der Waals surface area contributed by atoms with Gasteiger partial charge in [0.25, 0.3) is 0 Å². The van der Waals surface area contributed by atoms with Gasteiger partial charge < -0.3 is 33.6 Å². The summed E-state index contributed by atoms with van der Waals surface area (Å²) in [6.45, 7) is 9.21. The van der Waals surface area contributed by atoms with Gasteiger partial charge in [-0.25, -0.2) is 4.79 Å². The Morgan fingerprint density at radius 3 is 2.60 bits per heavy atom. The SMILES string of the molecule is CC=C(C)C(=O)OC1C2C=C3C(CCC4(C)C(c5ccoc5)OC(=O)CC34O)C3(C)C(CC(=O)OC)C1(C)COC23O. The lowest BCUT2D eigenvalue weighted by atomic mass is 9.36. The highest BCUT2D eigenvalue weighted by atomic mass is 16.6. The Balaban J connectivity index is 1.56. The van der Waals surface area contributed by atoms with Crippen LogP contribution in [0, 0.1) is 34.0 Å². The summed E-state index contributed by atoms with van der Waals surface area (Å²) in [5, 5.41) is 25.3. The molecule has 1 aromatic heterocycles. The summed E-state index contributed by atoms with van der Waals surface area (Å²) in [7, 11) is 1.32. The number of esters is 3. The number of carbonyl (C=O) groups is 3. The van der Waals surface area contributed by atoms with Crippen molar-refractivity contribution in [3.05, 3.63) is 47.5 Å². The smallest absolute Gasteiger partial charge is 0.333 e. The maximum atomic E-state index is 13.2. The van der Waals surface area contributed by atoms with Crippen LogP contribution in [0.4, 0.5) is 0 Å². The van der Waals surface area contributed by atoms with Crippen LogP contribution >= 0.6 is 0 Å². The highest BCUT2D eigenvalue weighted by Crippen LogP contribution is 2.75. The average molecular weight is 585 g/mol. The highest BCUT2D eigenvalue weighted by molar-refractivity contribution is 5.88. The van der Waals surface area contributed by atoms with Gasteiger partial charge in [-0.3, -0.25) is 9.59 Å². The van der Waals surface area contributed by atoms with Crippen molar-refractivity contribution in [2.24, 2.45) is 34.0 Å². The molecule has 42 heavy (non-hydrogen) atoms. The second-order valence-electron chi connectivity index (χ2n) is 13.5. The van der Waals surface area contributed by atoms with Crippen LogP contribution in [0.2, 0.25) is 0 Å². The number of rotatable bonds is 5. The first kappa shape index (κ1) is 29.1. The van der Waals surface area contributed by atoms with E-state index in [1.54, 1.807) is 32.1 Å². The monoisotopic (exact) mass is 584 g/mol. The van der Waals surface area contributed by atoms with E-state index in [0.717, 1.165) is 0 Å². The van der Waals surface area contributed by atoms with Crippen molar-refractivity contribution >= 4 is 17.9 Å². The van der Waals surface area contributed by atoms with E-state index in [2.05, 4.69) is 0 Å². The van der Waals surface area contributed by atoms with Gasteiger partial charge in [0.15, 0.2) is 5.79 Å². The fraction of sp³-hybridized carbons (Fsp3) is 0.656. The summed E-state index contributed by atoms with van der Waals surface area (Å²) >= 11 is 0. The molecule has 10 heteroatoms. The molecule has 0 radical (unpaired) electrons. The predicted molar refractivity (Wildman–Crippen MR) is 146 cm³/mol. The van der Waals surface area contributed by atoms with Gasteiger partial charge in [0.05, 0.1) is 38.6 Å². The van der Waals surface area contributed by atoms with Crippen LogP contribution in [0.5, 0.6) is 0 Å². The Kier molecular flexibility index (Phi) is 6.43. The zero-order valence-corrected chi connectivity index (χ0v) is 25.0. The molecule has 3 aliphatic carbocycles. The summed E-state index contributed by atoms with van der Waals surface area (Å²) < 4.78 is 28.7. The van der Waals surface area contributed by atoms with Crippen molar-refractivity contribution in [2.45, 2.75) is 83.9 Å². The maximum absolute atomic E-state index is 13.2. The van der Waals surface area contributed by atoms with Crippen molar-refractivity contribution in [3.63, 3.8) is 0 Å². The zero-order valence-electron chi connectivity index (χ0n) is 25.0. The molecule has 6 aliphatic rings. The summed E-state index contributed by atoms with van der Waals surface area (Å²) in [5.41, 5.74) is -2.88. The van der Waals surface area contributed by atoms with E-state index in [4.69, 9.17) is 23.4 Å². The zero-order chi connectivity index (χ0) is 30.5. The number of hydrogen-bond acceptors (Lipinski definition) is 10. The molecule has 0 amide bonds. The maximum Gasteiger partial charge on any atom is 0.333 e. The quantitative estimate of drug-likeness (QED) is 0.227. The fourth-order valence-corrected chi connectivity index (χ4v) is 9.25. The molecule has 10 atom stereocenters. The second kappa shape index (κ2) is 9.27. The van der Waals surface area contributed by atoms with Crippen molar-refractivity contribution in [3.8, 4) is 0 Å². The number of hydrogen-bond donors (Lipinski definition) is 2. The molecule has 2 saturated carbocycles. The van der Waals surface area contributed by atoms with Crippen molar-refractivity contribution in [2.75, 3.05) is 13.7 Å². The number of ether oxygens (including phenoxy) is 4. The number of fused-ring (bicyclic) bond motifs is 4. The van der Waals surface area contributed by atoms with Crippen molar-refractivity contribution in [1.29, 1.82) is 0 Å². The molecular weight excluding hydrogens is 544 g/mol. The third-order valence-electron chi connectivity index (χ3n) is 11.8. The van der Waals surface area contributed by atoms with Gasteiger partial charge in [0, 0.05) is 33.8 Å². The predicted octanol–water partition coefficient (Wildman–Crippen LogP) is 3.77. The molecule has 10 nitrogen and oxygen atoms in total. The summed E-state index contributed by atoms with van der Waals surface area (Å²) in [5.74, 6) is -5.21. The van der Waals surface area contributed by atoms with E-state index in [-0.39, 0.29) is 19.4 Å². The summed E-state index contributed by atoms with van der Waals surface area (Å²) in [6.07, 6.45) is 5.51. The van der Waals surface area contributed by atoms with Crippen LogP contribution in [0.3, 0.4) is 0 Å². The van der Waals surface area contributed by atoms with E-state index in [9.17, 15) is 24.6 Å². The Morgan fingerprint density at radius 1 is 1.21 bits per heavy atom. The molecule has 0 spiro atoms.